The molecule has 106 valence electrons. The Balaban J connectivity index is 2.70. The van der Waals surface area contributed by atoms with E-state index in [4.69, 9.17) is 10.5 Å². The first-order valence-corrected chi connectivity index (χ1v) is 8.31. The second-order valence-electron chi connectivity index (χ2n) is 4.81. The van der Waals surface area contributed by atoms with Crippen molar-refractivity contribution in [2.75, 3.05) is 12.4 Å². The van der Waals surface area contributed by atoms with Crippen LogP contribution >= 0.6 is 0 Å². The third-order valence-electron chi connectivity index (χ3n) is 3.34. The number of esters is 1. The zero-order valence-corrected chi connectivity index (χ0v) is 11.7. The average molecular weight is 277 g/mol. The number of ether oxygens (including phenoxy) is 1. The summed E-state index contributed by atoms with van der Waals surface area (Å²) in [7, 11) is -3.49. The van der Waals surface area contributed by atoms with E-state index < -0.39 is 26.8 Å². The fourth-order valence-corrected chi connectivity index (χ4v) is 4.22. The molecule has 0 aromatic carbocycles. The third-order valence-corrected chi connectivity index (χ3v) is 5.49. The number of hydrogen-bond donors (Lipinski definition) is 1. The molecule has 0 spiro atoms. The molecule has 2 atom stereocenters. The van der Waals surface area contributed by atoms with E-state index in [1.807, 2.05) is 0 Å². The highest BCUT2D eigenvalue weighted by atomic mass is 32.2. The van der Waals surface area contributed by atoms with Crippen molar-refractivity contribution in [2.45, 2.75) is 56.7 Å². The van der Waals surface area contributed by atoms with Gasteiger partial charge in [0.15, 0.2) is 9.84 Å². The van der Waals surface area contributed by atoms with Gasteiger partial charge in [-0.2, -0.15) is 0 Å². The van der Waals surface area contributed by atoms with Crippen LogP contribution in [0.5, 0.6) is 0 Å². The van der Waals surface area contributed by atoms with E-state index >= 15 is 0 Å². The van der Waals surface area contributed by atoms with Crippen molar-refractivity contribution >= 4 is 15.8 Å². The number of sulfone groups is 1. The summed E-state index contributed by atoms with van der Waals surface area (Å²) in [4.78, 5) is 11.3. The molecule has 1 fully saturated rings. The van der Waals surface area contributed by atoms with Gasteiger partial charge in [0, 0.05) is 6.04 Å². The van der Waals surface area contributed by atoms with E-state index in [1.54, 1.807) is 6.92 Å². The van der Waals surface area contributed by atoms with Crippen molar-refractivity contribution in [2.24, 2.45) is 5.73 Å². The van der Waals surface area contributed by atoms with Crippen molar-refractivity contribution in [1.82, 2.24) is 0 Å². The highest BCUT2D eigenvalue weighted by Crippen LogP contribution is 2.22. The monoisotopic (exact) mass is 277 g/mol. The molecular weight excluding hydrogens is 254 g/mol. The van der Waals surface area contributed by atoms with Crippen LogP contribution in [0, 0.1) is 0 Å². The predicted molar refractivity (Wildman–Crippen MR) is 69.9 cm³/mol. The summed E-state index contributed by atoms with van der Waals surface area (Å²) in [5, 5.41) is -0.595. The van der Waals surface area contributed by atoms with Gasteiger partial charge in [-0.1, -0.05) is 25.7 Å². The number of rotatable bonds is 4. The Morgan fingerprint density at radius 1 is 1.22 bits per heavy atom. The first kappa shape index (κ1) is 15.4. The lowest BCUT2D eigenvalue weighted by molar-refractivity contribution is -0.139. The van der Waals surface area contributed by atoms with Crippen LogP contribution in [0.15, 0.2) is 0 Å². The van der Waals surface area contributed by atoms with Crippen LogP contribution in [0.4, 0.5) is 0 Å². The lowest BCUT2D eigenvalue weighted by atomic mass is 9.97. The van der Waals surface area contributed by atoms with Crippen LogP contribution in [-0.4, -0.2) is 38.0 Å². The number of carbonyl (C=O) groups is 1. The second-order valence-corrected chi connectivity index (χ2v) is 7.03. The molecule has 0 aliphatic heterocycles. The largest absolute Gasteiger partial charge is 0.465 e. The topological polar surface area (TPSA) is 86.5 Å². The van der Waals surface area contributed by atoms with Gasteiger partial charge in [0.1, 0.15) is 5.75 Å². The lowest BCUT2D eigenvalue weighted by Gasteiger charge is -2.25. The number of hydrogen-bond acceptors (Lipinski definition) is 5. The van der Waals surface area contributed by atoms with E-state index in [2.05, 4.69) is 0 Å². The molecule has 0 radical (unpaired) electrons. The molecule has 0 bridgehead atoms. The summed E-state index contributed by atoms with van der Waals surface area (Å²) in [6.45, 7) is 1.86. The minimum Gasteiger partial charge on any atom is -0.465 e. The lowest BCUT2D eigenvalue weighted by Crippen LogP contribution is -2.43. The van der Waals surface area contributed by atoms with Crippen LogP contribution in [0.3, 0.4) is 0 Å². The van der Waals surface area contributed by atoms with E-state index in [0.29, 0.717) is 12.8 Å². The van der Waals surface area contributed by atoms with Gasteiger partial charge >= 0.3 is 5.97 Å². The zero-order chi connectivity index (χ0) is 13.6. The smallest absolute Gasteiger partial charge is 0.321 e. The van der Waals surface area contributed by atoms with Gasteiger partial charge < -0.3 is 10.5 Å². The van der Waals surface area contributed by atoms with Gasteiger partial charge in [-0.3, -0.25) is 4.79 Å². The van der Waals surface area contributed by atoms with Gasteiger partial charge in [0.05, 0.1) is 11.9 Å². The summed E-state index contributed by atoms with van der Waals surface area (Å²) in [6, 6.07) is -0.357. The molecule has 0 heterocycles. The quantitative estimate of drug-likeness (QED) is 0.775. The maximum absolute atomic E-state index is 12.2. The van der Waals surface area contributed by atoms with E-state index in [9.17, 15) is 13.2 Å². The molecule has 0 aromatic heterocycles. The molecule has 2 N–H and O–H groups in total. The van der Waals surface area contributed by atoms with Gasteiger partial charge in [0.25, 0.3) is 0 Å². The van der Waals surface area contributed by atoms with Crippen molar-refractivity contribution in [3.05, 3.63) is 0 Å². The summed E-state index contributed by atoms with van der Waals surface area (Å²) >= 11 is 0. The second kappa shape index (κ2) is 7.09. The molecule has 0 aromatic rings. The molecular formula is C12H23NO4S. The van der Waals surface area contributed by atoms with Crippen molar-refractivity contribution in [3.8, 4) is 0 Å². The maximum atomic E-state index is 12.2. The first-order valence-electron chi connectivity index (χ1n) is 6.60. The fraction of sp³-hybridized carbons (Fsp3) is 0.917. The molecule has 18 heavy (non-hydrogen) atoms. The Morgan fingerprint density at radius 2 is 1.83 bits per heavy atom. The Kier molecular flexibility index (Phi) is 6.08. The van der Waals surface area contributed by atoms with Gasteiger partial charge in [-0.05, 0) is 19.8 Å². The van der Waals surface area contributed by atoms with Crippen LogP contribution in [0.1, 0.15) is 45.4 Å². The van der Waals surface area contributed by atoms with E-state index in [-0.39, 0.29) is 12.6 Å². The summed E-state index contributed by atoms with van der Waals surface area (Å²) in [5.74, 6) is -1.22. The van der Waals surface area contributed by atoms with Gasteiger partial charge in [-0.15, -0.1) is 0 Å². The Hall–Kier alpha value is -0.620. The van der Waals surface area contributed by atoms with Crippen LogP contribution < -0.4 is 5.73 Å². The molecule has 1 rings (SSSR count). The standard InChI is InChI=1S/C12H23NO4S/c1-2-17-12(14)9-18(15,16)11-8-6-4-3-5-7-10(11)13/h10-11H,2-9,13H2,1H3. The molecule has 1 aliphatic carbocycles. The van der Waals surface area contributed by atoms with Gasteiger partial charge in [-0.25, -0.2) is 8.42 Å². The highest BCUT2D eigenvalue weighted by molar-refractivity contribution is 7.92. The molecule has 2 unspecified atom stereocenters. The summed E-state index contributed by atoms with van der Waals surface area (Å²) in [6.07, 6.45) is 5.25. The van der Waals surface area contributed by atoms with Crippen LogP contribution in [-0.2, 0) is 19.4 Å². The van der Waals surface area contributed by atoms with Crippen LogP contribution in [0.25, 0.3) is 0 Å². The van der Waals surface area contributed by atoms with E-state index in [0.717, 1.165) is 25.7 Å². The maximum Gasteiger partial charge on any atom is 0.321 e. The van der Waals surface area contributed by atoms with Crippen LogP contribution in [0.2, 0.25) is 0 Å². The Labute approximate surface area is 109 Å². The Morgan fingerprint density at radius 3 is 2.44 bits per heavy atom. The molecule has 6 heteroatoms. The molecule has 0 amide bonds. The summed E-state index contributed by atoms with van der Waals surface area (Å²) < 4.78 is 29.0. The third kappa shape index (κ3) is 4.57. The van der Waals surface area contributed by atoms with Crippen molar-refractivity contribution in [3.63, 3.8) is 0 Å². The minimum absolute atomic E-state index is 0.199. The van der Waals surface area contributed by atoms with Gasteiger partial charge in [0.2, 0.25) is 0 Å². The minimum atomic E-state index is -3.49. The zero-order valence-electron chi connectivity index (χ0n) is 10.9. The van der Waals surface area contributed by atoms with Crippen molar-refractivity contribution < 1.29 is 17.9 Å². The average Bonchev–Trinajstić information content (AvgIpc) is 2.22. The van der Waals surface area contributed by atoms with Crippen molar-refractivity contribution in [1.29, 1.82) is 0 Å². The fourth-order valence-electron chi connectivity index (χ4n) is 2.40. The predicted octanol–water partition coefficient (Wildman–Crippen LogP) is 1.01. The highest BCUT2D eigenvalue weighted by Gasteiger charge is 2.33. The molecule has 0 saturated heterocycles. The number of nitrogens with two attached hydrogens (primary N) is 1. The Bertz CT molecular complexity index is 366. The SMILES string of the molecule is CCOC(=O)CS(=O)(=O)C1CCCCCCC1N. The molecule has 1 aliphatic rings. The first-order chi connectivity index (χ1) is 8.47. The molecule has 5 nitrogen and oxygen atoms in total. The summed E-state index contributed by atoms with van der Waals surface area (Å²) in [5.41, 5.74) is 5.95. The number of carbonyl (C=O) groups excluding carboxylic acids is 1. The van der Waals surface area contributed by atoms with E-state index in [1.165, 1.54) is 0 Å². The molecule has 1 saturated carbocycles. The normalized spacial score (nSPS) is 26.1.